The fourth-order valence-corrected chi connectivity index (χ4v) is 2.53. The van der Waals surface area contributed by atoms with Crippen molar-refractivity contribution in [3.8, 4) is 5.75 Å². The number of halogens is 2. The number of nitrogens with zero attached hydrogens (tertiary/aromatic N) is 2. The molecule has 128 valence electrons. The summed E-state index contributed by atoms with van der Waals surface area (Å²) in [6.07, 6.45) is 1.33. The summed E-state index contributed by atoms with van der Waals surface area (Å²) >= 11 is 3.21. The molecule has 0 radical (unpaired) electrons. The minimum Gasteiger partial charge on any atom is -0.482 e. The van der Waals surface area contributed by atoms with Gasteiger partial charge in [0.2, 0.25) is 0 Å². The highest BCUT2D eigenvalue weighted by Gasteiger charge is 2.12. The lowest BCUT2D eigenvalue weighted by molar-refractivity contribution is -0.119. The van der Waals surface area contributed by atoms with E-state index in [0.717, 1.165) is 0 Å². The van der Waals surface area contributed by atoms with Gasteiger partial charge in [0.15, 0.2) is 6.61 Å². The van der Waals surface area contributed by atoms with Crippen molar-refractivity contribution < 1.29 is 13.9 Å². The van der Waals surface area contributed by atoms with Crippen LogP contribution in [-0.4, -0.2) is 22.5 Å². The minimum absolute atomic E-state index is 0.260. The van der Waals surface area contributed by atoms with Crippen molar-refractivity contribution in [2.45, 2.75) is 0 Å². The van der Waals surface area contributed by atoms with E-state index < -0.39 is 11.7 Å². The van der Waals surface area contributed by atoms with Gasteiger partial charge in [0.25, 0.3) is 5.91 Å². The highest BCUT2D eigenvalue weighted by Crippen LogP contribution is 2.32. The van der Waals surface area contributed by atoms with Crippen LogP contribution < -0.4 is 21.5 Å². The van der Waals surface area contributed by atoms with Gasteiger partial charge in [0, 0.05) is 15.9 Å². The van der Waals surface area contributed by atoms with E-state index >= 15 is 0 Å². The van der Waals surface area contributed by atoms with E-state index in [1.54, 1.807) is 24.3 Å². The van der Waals surface area contributed by atoms with Crippen molar-refractivity contribution in [2.24, 2.45) is 5.73 Å². The zero-order valence-electron chi connectivity index (χ0n) is 12.8. The van der Waals surface area contributed by atoms with E-state index in [4.69, 9.17) is 16.2 Å². The summed E-state index contributed by atoms with van der Waals surface area (Å²) in [6, 6.07) is 7.79. The quantitative estimate of drug-likeness (QED) is 0.561. The van der Waals surface area contributed by atoms with Crippen molar-refractivity contribution >= 4 is 49.9 Å². The van der Waals surface area contributed by atoms with Gasteiger partial charge in [0.1, 0.15) is 23.7 Å². The average Bonchev–Trinajstić information content (AvgIpc) is 2.56. The lowest BCUT2D eigenvalue weighted by Gasteiger charge is -2.12. The molecule has 0 aliphatic rings. The van der Waals surface area contributed by atoms with Crippen LogP contribution in [-0.2, 0) is 4.79 Å². The maximum absolute atomic E-state index is 14.0. The largest absolute Gasteiger partial charge is 0.482 e. The highest BCUT2D eigenvalue weighted by atomic mass is 79.9. The molecule has 0 aliphatic heterocycles. The Hall–Kier alpha value is -2.94. The van der Waals surface area contributed by atoms with Crippen LogP contribution in [0.2, 0.25) is 0 Å². The number of nitrogens with two attached hydrogens (primary N) is 2. The summed E-state index contributed by atoms with van der Waals surface area (Å²) in [6.45, 7) is -0.296. The molecule has 0 unspecified atom stereocenters. The molecule has 9 heteroatoms. The molecule has 5 N–H and O–H groups in total. The number of rotatable bonds is 5. The van der Waals surface area contributed by atoms with Crippen molar-refractivity contribution in [2.75, 3.05) is 17.7 Å². The zero-order chi connectivity index (χ0) is 18.0. The molecule has 2 aromatic carbocycles. The number of nitrogens with one attached hydrogen (secondary N) is 1. The molecule has 0 bridgehead atoms. The summed E-state index contributed by atoms with van der Waals surface area (Å²) in [4.78, 5) is 19.1. The topological polar surface area (TPSA) is 116 Å². The van der Waals surface area contributed by atoms with Gasteiger partial charge in [-0.15, -0.1) is 0 Å². The zero-order valence-corrected chi connectivity index (χ0v) is 14.4. The van der Waals surface area contributed by atoms with E-state index in [-0.39, 0.29) is 23.7 Å². The molecule has 0 atom stereocenters. The van der Waals surface area contributed by atoms with Crippen molar-refractivity contribution in [1.29, 1.82) is 0 Å². The van der Waals surface area contributed by atoms with Gasteiger partial charge in [-0.25, -0.2) is 14.4 Å². The molecule has 25 heavy (non-hydrogen) atoms. The normalized spacial score (nSPS) is 10.6. The predicted octanol–water partition coefficient (Wildman–Crippen LogP) is 2.72. The molecule has 0 saturated carbocycles. The van der Waals surface area contributed by atoms with E-state index in [1.807, 2.05) is 0 Å². The lowest BCUT2D eigenvalue weighted by atomic mass is 10.2. The number of primary amides is 1. The number of aromatic nitrogens is 2. The fraction of sp³-hybridized carbons (Fsp3) is 0.0625. The first-order chi connectivity index (χ1) is 11.9. The number of fused-ring (bicyclic) bond motifs is 1. The van der Waals surface area contributed by atoms with Crippen LogP contribution in [0.5, 0.6) is 5.75 Å². The standard InChI is InChI=1S/C16H13BrFN5O2/c17-8-1-2-12(10(18)3-8)23-16-9-4-11(19)14(25-6-15(20)24)5-13(9)21-7-22-16/h1-5,7H,6,19H2,(H2,20,24)(H,21,22,23). The number of hydrogen-bond donors (Lipinski definition) is 3. The molecular formula is C16H13BrFN5O2. The van der Waals surface area contributed by atoms with Crippen LogP contribution >= 0.6 is 15.9 Å². The van der Waals surface area contributed by atoms with Crippen molar-refractivity contribution in [3.63, 3.8) is 0 Å². The van der Waals surface area contributed by atoms with Crippen LogP contribution in [0.1, 0.15) is 0 Å². The maximum Gasteiger partial charge on any atom is 0.255 e. The fourth-order valence-electron chi connectivity index (χ4n) is 2.19. The number of amides is 1. The van der Waals surface area contributed by atoms with E-state index in [0.29, 0.717) is 21.2 Å². The number of hydrogen-bond acceptors (Lipinski definition) is 6. The number of ether oxygens (including phenoxy) is 1. The van der Waals surface area contributed by atoms with E-state index in [1.165, 1.54) is 12.4 Å². The van der Waals surface area contributed by atoms with E-state index in [2.05, 4.69) is 31.2 Å². The molecule has 3 rings (SSSR count). The molecule has 0 fully saturated rings. The first kappa shape index (κ1) is 16.9. The molecule has 0 saturated heterocycles. The van der Waals surface area contributed by atoms with Crippen LogP contribution in [0, 0.1) is 5.82 Å². The van der Waals surface area contributed by atoms with E-state index in [9.17, 15) is 9.18 Å². The van der Waals surface area contributed by atoms with Crippen LogP contribution in [0.15, 0.2) is 41.1 Å². The summed E-state index contributed by atoms with van der Waals surface area (Å²) < 4.78 is 19.9. The van der Waals surface area contributed by atoms with Gasteiger partial charge in [-0.1, -0.05) is 15.9 Å². The third-order valence-electron chi connectivity index (χ3n) is 3.32. The number of benzene rings is 2. The van der Waals surface area contributed by atoms with Crippen molar-refractivity contribution in [1.82, 2.24) is 9.97 Å². The smallest absolute Gasteiger partial charge is 0.255 e. The number of carbonyl (C=O) groups is 1. The first-order valence-electron chi connectivity index (χ1n) is 7.11. The summed E-state index contributed by atoms with van der Waals surface area (Å²) in [5.74, 6) is -0.379. The Morgan fingerprint density at radius 1 is 1.28 bits per heavy atom. The molecule has 0 aliphatic carbocycles. The van der Waals surface area contributed by atoms with Crippen LogP contribution in [0.4, 0.5) is 21.6 Å². The Labute approximate surface area is 150 Å². The molecule has 1 amide bonds. The number of nitrogen functional groups attached to an aromatic ring is 1. The van der Waals surface area contributed by atoms with Gasteiger partial charge < -0.3 is 21.5 Å². The summed E-state index contributed by atoms with van der Waals surface area (Å²) in [5, 5.41) is 3.50. The monoisotopic (exact) mass is 405 g/mol. The molecule has 3 aromatic rings. The Morgan fingerprint density at radius 2 is 2.08 bits per heavy atom. The number of carbonyl (C=O) groups excluding carboxylic acids is 1. The van der Waals surface area contributed by atoms with Gasteiger partial charge in [-0.3, -0.25) is 4.79 Å². The first-order valence-corrected chi connectivity index (χ1v) is 7.91. The second kappa shape index (κ2) is 6.89. The summed E-state index contributed by atoms with van der Waals surface area (Å²) in [5.41, 5.74) is 12.1. The van der Waals surface area contributed by atoms with Gasteiger partial charge >= 0.3 is 0 Å². The van der Waals surface area contributed by atoms with Crippen LogP contribution in [0.3, 0.4) is 0 Å². The average molecular weight is 406 g/mol. The molecular weight excluding hydrogens is 393 g/mol. The summed E-state index contributed by atoms with van der Waals surface area (Å²) in [7, 11) is 0. The Bertz CT molecular complexity index is 967. The minimum atomic E-state index is -0.616. The Balaban J connectivity index is 1.99. The predicted molar refractivity (Wildman–Crippen MR) is 96.0 cm³/mol. The van der Waals surface area contributed by atoms with Crippen molar-refractivity contribution in [3.05, 3.63) is 46.9 Å². The lowest BCUT2D eigenvalue weighted by Crippen LogP contribution is -2.20. The second-order valence-electron chi connectivity index (χ2n) is 5.13. The molecule has 1 heterocycles. The molecule has 7 nitrogen and oxygen atoms in total. The third-order valence-corrected chi connectivity index (χ3v) is 3.81. The van der Waals surface area contributed by atoms with Gasteiger partial charge in [-0.05, 0) is 24.3 Å². The third kappa shape index (κ3) is 3.77. The highest BCUT2D eigenvalue weighted by molar-refractivity contribution is 9.10. The van der Waals surface area contributed by atoms with Crippen LogP contribution in [0.25, 0.3) is 10.9 Å². The van der Waals surface area contributed by atoms with Gasteiger partial charge in [-0.2, -0.15) is 0 Å². The SMILES string of the molecule is NC(=O)COc1cc2ncnc(Nc3ccc(Br)cc3F)c2cc1N. The Morgan fingerprint density at radius 3 is 2.80 bits per heavy atom. The maximum atomic E-state index is 14.0. The van der Waals surface area contributed by atoms with Gasteiger partial charge in [0.05, 0.1) is 16.9 Å². The number of anilines is 3. The molecule has 0 spiro atoms. The Kier molecular flexibility index (Phi) is 4.66. The second-order valence-corrected chi connectivity index (χ2v) is 6.05. The molecule has 1 aromatic heterocycles.